The van der Waals surface area contributed by atoms with Crippen LogP contribution in [0.5, 0.6) is 0 Å². The van der Waals surface area contributed by atoms with Crippen molar-refractivity contribution in [2.75, 3.05) is 0 Å². The Balaban J connectivity index is 0.000000735. The Morgan fingerprint density at radius 1 is 1.10 bits per heavy atom. The molecule has 20 heavy (non-hydrogen) atoms. The molecule has 0 amide bonds. The van der Waals surface area contributed by atoms with E-state index < -0.39 is 0 Å². The minimum Gasteiger partial charge on any atom is -0.341 e. The molecule has 0 radical (unpaired) electrons. The lowest BCUT2D eigenvalue weighted by Crippen LogP contribution is -2.18. The maximum atomic E-state index is 4.53. The number of nitrogens with one attached hydrogen (secondary N) is 2. The molecule has 4 rings (SSSR count). The van der Waals surface area contributed by atoms with Crippen LogP contribution < -0.4 is 5.32 Å². The fraction of sp³-hybridized carbons (Fsp3) is 0.357. The molecule has 2 N–H and O–H groups in total. The van der Waals surface area contributed by atoms with Crippen LogP contribution in [0.3, 0.4) is 0 Å². The number of imidazole rings is 1. The zero-order valence-electron chi connectivity index (χ0n) is 10.7. The van der Waals surface area contributed by atoms with Gasteiger partial charge in [-0.1, -0.05) is 12.1 Å². The van der Waals surface area contributed by atoms with Gasteiger partial charge in [-0.15, -0.1) is 24.8 Å². The van der Waals surface area contributed by atoms with E-state index in [4.69, 9.17) is 0 Å². The van der Waals surface area contributed by atoms with Gasteiger partial charge in [-0.3, -0.25) is 0 Å². The smallest absolute Gasteiger partial charge is 0.123 e. The molecule has 6 heteroatoms. The van der Waals surface area contributed by atoms with Crippen molar-refractivity contribution in [2.45, 2.75) is 24.9 Å². The summed E-state index contributed by atoms with van der Waals surface area (Å²) in [5, 5.41) is 3.62. The fourth-order valence-electron chi connectivity index (χ4n) is 2.82. The molecule has 3 nitrogen and oxygen atoms in total. The van der Waals surface area contributed by atoms with Crippen molar-refractivity contribution in [3.05, 3.63) is 39.9 Å². The molecule has 0 bridgehead atoms. The summed E-state index contributed by atoms with van der Waals surface area (Å²) in [4.78, 5) is 7.99. The lowest BCUT2D eigenvalue weighted by molar-refractivity contribution is 0.543. The number of nitrogens with zero attached hydrogens (tertiary/aromatic N) is 1. The molecule has 1 aromatic heterocycles. The average Bonchev–Trinajstić information content (AvgIpc) is 2.83. The molecule has 108 valence electrons. The molecule has 2 aliphatic rings. The summed E-state index contributed by atoms with van der Waals surface area (Å²) in [6.07, 6.45) is 4.55. The van der Waals surface area contributed by atoms with Crippen LogP contribution in [0.2, 0.25) is 0 Å². The molecule has 1 aliphatic heterocycles. The van der Waals surface area contributed by atoms with Crippen molar-refractivity contribution in [3.8, 4) is 11.3 Å². The Hall–Kier alpha value is -0.300. The normalized spacial score (nSPS) is 26.4. The van der Waals surface area contributed by atoms with Crippen molar-refractivity contribution < 1.29 is 0 Å². The van der Waals surface area contributed by atoms with E-state index in [1.54, 1.807) is 0 Å². The number of halogens is 3. The van der Waals surface area contributed by atoms with Gasteiger partial charge in [-0.25, -0.2) is 4.98 Å². The van der Waals surface area contributed by atoms with Gasteiger partial charge in [0.05, 0.1) is 17.9 Å². The van der Waals surface area contributed by atoms with Gasteiger partial charge >= 0.3 is 0 Å². The number of fused-ring (bicyclic) bond motifs is 1. The SMILES string of the molecule is Cl.Cl.Ic1ccc(-c2cnc([C@@H]3C[C@H]4C[C@H]4N3)[nH]2)cc1. The molecule has 3 atom stereocenters. The minimum atomic E-state index is 0. The van der Waals surface area contributed by atoms with Crippen LogP contribution in [0.15, 0.2) is 30.5 Å². The third-order valence-corrected chi connectivity index (χ3v) is 4.68. The van der Waals surface area contributed by atoms with E-state index in [-0.39, 0.29) is 24.8 Å². The second-order valence-corrected chi connectivity index (χ2v) is 6.49. The molecule has 0 spiro atoms. The van der Waals surface area contributed by atoms with Crippen LogP contribution in [0, 0.1) is 9.49 Å². The summed E-state index contributed by atoms with van der Waals surface area (Å²) < 4.78 is 1.26. The predicted octanol–water partition coefficient (Wildman–Crippen LogP) is 3.95. The van der Waals surface area contributed by atoms with Gasteiger partial charge < -0.3 is 10.3 Å². The molecule has 1 aliphatic carbocycles. The summed E-state index contributed by atoms with van der Waals surface area (Å²) in [6.45, 7) is 0. The van der Waals surface area contributed by atoms with Crippen molar-refractivity contribution in [1.82, 2.24) is 15.3 Å². The average molecular weight is 424 g/mol. The number of piperidine rings is 1. The van der Waals surface area contributed by atoms with Crippen LogP contribution in [0.1, 0.15) is 24.7 Å². The third-order valence-electron chi connectivity index (χ3n) is 3.96. The monoisotopic (exact) mass is 423 g/mol. The largest absolute Gasteiger partial charge is 0.341 e. The van der Waals surface area contributed by atoms with Gasteiger partial charge in [0.2, 0.25) is 0 Å². The Morgan fingerprint density at radius 3 is 2.50 bits per heavy atom. The summed E-state index contributed by atoms with van der Waals surface area (Å²) in [5.41, 5.74) is 2.32. The number of H-pyrrole nitrogens is 1. The van der Waals surface area contributed by atoms with Gasteiger partial charge in [-0.2, -0.15) is 0 Å². The Labute approximate surface area is 144 Å². The van der Waals surface area contributed by atoms with Crippen molar-refractivity contribution >= 4 is 47.4 Å². The van der Waals surface area contributed by atoms with Crippen LogP contribution in [0.4, 0.5) is 0 Å². The maximum absolute atomic E-state index is 4.53. The van der Waals surface area contributed by atoms with E-state index in [2.05, 4.69) is 62.1 Å². The summed E-state index contributed by atoms with van der Waals surface area (Å²) in [7, 11) is 0. The number of hydrogen-bond acceptors (Lipinski definition) is 2. The predicted molar refractivity (Wildman–Crippen MR) is 93.6 cm³/mol. The first kappa shape index (κ1) is 16.1. The quantitative estimate of drug-likeness (QED) is 0.718. The zero-order valence-corrected chi connectivity index (χ0v) is 14.5. The fourth-order valence-corrected chi connectivity index (χ4v) is 3.18. The van der Waals surface area contributed by atoms with E-state index in [1.807, 2.05) is 6.20 Å². The molecule has 1 aromatic carbocycles. The van der Waals surface area contributed by atoms with Gasteiger partial charge in [-0.05, 0) is 59.0 Å². The van der Waals surface area contributed by atoms with Gasteiger partial charge in [0.25, 0.3) is 0 Å². The molecule has 0 unspecified atom stereocenters. The Bertz CT molecular complexity index is 574. The highest BCUT2D eigenvalue weighted by atomic mass is 127. The van der Waals surface area contributed by atoms with Crippen LogP contribution in [0.25, 0.3) is 11.3 Å². The van der Waals surface area contributed by atoms with Gasteiger partial charge in [0.1, 0.15) is 5.82 Å². The summed E-state index contributed by atoms with van der Waals surface area (Å²) in [6, 6.07) is 9.73. The first-order valence-corrected chi connectivity index (χ1v) is 7.44. The van der Waals surface area contributed by atoms with E-state index in [1.165, 1.54) is 22.0 Å². The molecular weight excluding hydrogens is 408 g/mol. The number of aromatic amines is 1. The second-order valence-electron chi connectivity index (χ2n) is 5.25. The molecule has 1 saturated carbocycles. The van der Waals surface area contributed by atoms with Crippen LogP contribution in [-0.4, -0.2) is 16.0 Å². The number of benzene rings is 1. The standard InChI is InChI=1S/C14H14IN3.2ClH/c15-10-3-1-8(2-4-10)13-7-16-14(18-13)12-6-9-5-11(9)17-12;;/h1-4,7,9,11-12,17H,5-6H2,(H,16,18);2*1H/t9-,11-,12+;;/m1../s1. The highest BCUT2D eigenvalue weighted by Crippen LogP contribution is 2.45. The molecule has 2 fully saturated rings. The number of hydrogen-bond donors (Lipinski definition) is 2. The second kappa shape index (κ2) is 6.22. The number of aromatic nitrogens is 2. The molecule has 2 aromatic rings. The lowest BCUT2D eigenvalue weighted by atomic mass is 10.1. The van der Waals surface area contributed by atoms with E-state index in [0.29, 0.717) is 6.04 Å². The van der Waals surface area contributed by atoms with Gasteiger partial charge in [0, 0.05) is 9.61 Å². The van der Waals surface area contributed by atoms with E-state index in [9.17, 15) is 0 Å². The Morgan fingerprint density at radius 2 is 1.85 bits per heavy atom. The highest BCUT2D eigenvalue weighted by Gasteiger charge is 2.46. The van der Waals surface area contributed by atoms with Gasteiger partial charge in [0.15, 0.2) is 0 Å². The van der Waals surface area contributed by atoms with E-state index >= 15 is 0 Å². The van der Waals surface area contributed by atoms with Crippen LogP contribution in [-0.2, 0) is 0 Å². The summed E-state index contributed by atoms with van der Waals surface area (Å²) >= 11 is 2.32. The number of rotatable bonds is 2. The topological polar surface area (TPSA) is 40.7 Å². The molecular formula is C14H16Cl2IN3. The molecule has 1 saturated heterocycles. The third kappa shape index (κ3) is 2.98. The summed E-state index contributed by atoms with van der Waals surface area (Å²) in [5.74, 6) is 2.00. The Kier molecular flexibility index (Phi) is 5.00. The van der Waals surface area contributed by atoms with Crippen molar-refractivity contribution in [2.24, 2.45) is 5.92 Å². The highest BCUT2D eigenvalue weighted by molar-refractivity contribution is 14.1. The lowest BCUT2D eigenvalue weighted by Gasteiger charge is -2.09. The van der Waals surface area contributed by atoms with Crippen molar-refractivity contribution in [3.63, 3.8) is 0 Å². The minimum absolute atomic E-state index is 0. The zero-order chi connectivity index (χ0) is 12.1. The van der Waals surface area contributed by atoms with Crippen LogP contribution >= 0.6 is 47.4 Å². The van der Waals surface area contributed by atoms with Crippen molar-refractivity contribution in [1.29, 1.82) is 0 Å². The first-order chi connectivity index (χ1) is 8.79. The van der Waals surface area contributed by atoms with E-state index in [0.717, 1.165) is 23.5 Å². The molecule has 2 heterocycles. The maximum Gasteiger partial charge on any atom is 0.123 e. The first-order valence-electron chi connectivity index (χ1n) is 6.36.